The predicted octanol–water partition coefficient (Wildman–Crippen LogP) is 0.0566. The molecule has 3 N–H and O–H groups in total. The van der Waals surface area contributed by atoms with Crippen molar-refractivity contribution in [3.63, 3.8) is 0 Å². The highest BCUT2D eigenvalue weighted by atomic mass is 79.9. The van der Waals surface area contributed by atoms with E-state index in [9.17, 15) is 19.8 Å². The Balaban J connectivity index is 2.37. The highest BCUT2D eigenvalue weighted by molar-refractivity contribution is 9.11. The Morgan fingerprint density at radius 2 is 2.15 bits per heavy atom. The summed E-state index contributed by atoms with van der Waals surface area (Å²) < 4.78 is 6.20. The van der Waals surface area contributed by atoms with Gasteiger partial charge in [-0.05, 0) is 11.1 Å². The number of ether oxygens (including phenoxy) is 1. The van der Waals surface area contributed by atoms with E-state index in [1.54, 1.807) is 17.1 Å². The average Bonchev–Trinajstić information content (AvgIpc) is 2.72. The molecule has 0 aliphatic carbocycles. The minimum atomic E-state index is -1.34. The molecule has 7 nitrogen and oxygen atoms in total. The van der Waals surface area contributed by atoms with Crippen LogP contribution in [0.15, 0.2) is 32.9 Å². The molecule has 1 aliphatic heterocycles. The van der Waals surface area contributed by atoms with Crippen LogP contribution in [0.3, 0.4) is 0 Å². The van der Waals surface area contributed by atoms with Crippen LogP contribution in [-0.4, -0.2) is 32.2 Å². The largest absolute Gasteiger partial charge is 0.388 e. The van der Waals surface area contributed by atoms with Crippen LogP contribution in [0, 0.1) is 0 Å². The van der Waals surface area contributed by atoms with Crippen molar-refractivity contribution >= 4 is 22.0 Å². The first kappa shape index (κ1) is 14.9. The fourth-order valence-corrected chi connectivity index (χ4v) is 2.02. The number of halogens is 1. The van der Waals surface area contributed by atoms with Gasteiger partial charge in [0.25, 0.3) is 5.56 Å². The zero-order valence-electron chi connectivity index (χ0n) is 10.3. The van der Waals surface area contributed by atoms with E-state index in [4.69, 9.17) is 4.74 Å². The van der Waals surface area contributed by atoms with Gasteiger partial charge in [0.2, 0.25) is 0 Å². The van der Waals surface area contributed by atoms with Crippen LogP contribution in [0.5, 0.6) is 0 Å². The molecular formula is C12H13BrN2O5. The molecule has 0 spiro atoms. The monoisotopic (exact) mass is 344 g/mol. The number of aliphatic hydroxyl groups is 2. The van der Waals surface area contributed by atoms with Gasteiger partial charge in [0.1, 0.15) is 12.3 Å². The lowest BCUT2D eigenvalue weighted by molar-refractivity contribution is -0.142. The van der Waals surface area contributed by atoms with Gasteiger partial charge in [0.15, 0.2) is 6.29 Å². The van der Waals surface area contributed by atoms with Gasteiger partial charge in [0.05, 0.1) is 5.56 Å². The maximum absolute atomic E-state index is 11.7. The summed E-state index contributed by atoms with van der Waals surface area (Å²) in [4.78, 5) is 27.1. The first-order valence-electron chi connectivity index (χ1n) is 5.83. The molecule has 0 aromatic carbocycles. The first-order valence-corrected chi connectivity index (χ1v) is 6.75. The molecule has 0 radical (unpaired) electrons. The summed E-state index contributed by atoms with van der Waals surface area (Å²) >= 11 is 3.09. The maximum Gasteiger partial charge on any atom is 0.330 e. The van der Waals surface area contributed by atoms with Crippen molar-refractivity contribution in [2.24, 2.45) is 0 Å². The second kappa shape index (κ2) is 6.31. The second-order valence-electron chi connectivity index (χ2n) is 4.21. The fraction of sp³-hybridized carbons (Fsp3) is 0.333. The zero-order valence-corrected chi connectivity index (χ0v) is 11.9. The standard InChI is InChI=1S/C12H13BrN2O5/c13-4-2-1-3-7-6-15(12(19)14-10(7)17)9-5-8(16)11(18)20-9/h1-4,6,8-9,11,16,18H,5H2,(H,14,17,19)/t8-,9+,11+/m0/s1. The minimum Gasteiger partial charge on any atom is -0.388 e. The third-order valence-corrected chi connectivity index (χ3v) is 3.14. The van der Waals surface area contributed by atoms with E-state index >= 15 is 0 Å². The number of allylic oxidation sites excluding steroid dienone is 2. The van der Waals surface area contributed by atoms with Gasteiger partial charge in [-0.2, -0.15) is 0 Å². The van der Waals surface area contributed by atoms with Crippen LogP contribution in [0.4, 0.5) is 0 Å². The van der Waals surface area contributed by atoms with Crippen LogP contribution < -0.4 is 11.2 Å². The fourth-order valence-electron chi connectivity index (χ4n) is 1.84. The number of hydrogen-bond acceptors (Lipinski definition) is 5. The highest BCUT2D eigenvalue weighted by Gasteiger charge is 2.34. The van der Waals surface area contributed by atoms with Crippen molar-refractivity contribution in [2.75, 3.05) is 0 Å². The van der Waals surface area contributed by atoms with Crippen LogP contribution in [0.2, 0.25) is 0 Å². The summed E-state index contributed by atoms with van der Waals surface area (Å²) in [5.41, 5.74) is -0.922. The molecule has 108 valence electrons. The van der Waals surface area contributed by atoms with Crippen LogP contribution in [0.25, 0.3) is 6.08 Å². The third kappa shape index (κ3) is 3.15. The van der Waals surface area contributed by atoms with Crippen molar-refractivity contribution in [3.8, 4) is 0 Å². The average molecular weight is 345 g/mol. The molecule has 0 unspecified atom stereocenters. The van der Waals surface area contributed by atoms with E-state index < -0.39 is 29.9 Å². The Morgan fingerprint density at radius 3 is 2.75 bits per heavy atom. The minimum absolute atomic E-state index is 0.0670. The van der Waals surface area contributed by atoms with Crippen molar-refractivity contribution < 1.29 is 14.9 Å². The molecule has 2 rings (SSSR count). The molecule has 1 aromatic heterocycles. The number of hydrogen-bond donors (Lipinski definition) is 3. The second-order valence-corrected chi connectivity index (χ2v) is 4.74. The molecule has 1 aromatic rings. The lowest BCUT2D eigenvalue weighted by Crippen LogP contribution is -2.33. The Labute approximate surface area is 122 Å². The molecule has 0 saturated carbocycles. The van der Waals surface area contributed by atoms with Gasteiger partial charge < -0.3 is 14.9 Å². The molecular weight excluding hydrogens is 332 g/mol. The van der Waals surface area contributed by atoms with E-state index in [1.807, 2.05) is 0 Å². The van der Waals surface area contributed by atoms with E-state index in [1.165, 1.54) is 12.3 Å². The number of nitrogens with zero attached hydrogens (tertiary/aromatic N) is 1. The number of aliphatic hydroxyl groups excluding tert-OH is 2. The van der Waals surface area contributed by atoms with Crippen LogP contribution in [-0.2, 0) is 4.74 Å². The molecule has 0 amide bonds. The van der Waals surface area contributed by atoms with E-state index in [-0.39, 0.29) is 12.0 Å². The molecule has 8 heteroatoms. The molecule has 0 bridgehead atoms. The topological polar surface area (TPSA) is 105 Å². The van der Waals surface area contributed by atoms with Gasteiger partial charge in [-0.1, -0.05) is 28.1 Å². The molecule has 1 aliphatic rings. The Morgan fingerprint density at radius 1 is 1.40 bits per heavy atom. The van der Waals surface area contributed by atoms with Gasteiger partial charge in [-0.25, -0.2) is 4.79 Å². The van der Waals surface area contributed by atoms with Crippen LogP contribution in [0.1, 0.15) is 18.2 Å². The Hall–Kier alpha value is -1.48. The number of H-pyrrole nitrogens is 1. The van der Waals surface area contributed by atoms with E-state index in [0.717, 1.165) is 4.57 Å². The van der Waals surface area contributed by atoms with Gasteiger partial charge in [-0.3, -0.25) is 14.3 Å². The van der Waals surface area contributed by atoms with Gasteiger partial charge in [0, 0.05) is 12.6 Å². The number of nitrogens with one attached hydrogen (secondary N) is 1. The molecule has 1 fully saturated rings. The summed E-state index contributed by atoms with van der Waals surface area (Å²) in [6, 6.07) is 0. The summed E-state index contributed by atoms with van der Waals surface area (Å²) in [5, 5.41) is 18.8. The third-order valence-electron chi connectivity index (χ3n) is 2.83. The SMILES string of the molecule is O=c1[nH]c(=O)n([C@H]2C[C@H](O)[C@H](O)O2)cc1C=CC=CBr. The molecule has 3 atom stereocenters. The first-order chi connectivity index (χ1) is 9.52. The van der Waals surface area contributed by atoms with Crippen molar-refractivity contribution in [3.05, 3.63) is 49.7 Å². The van der Waals surface area contributed by atoms with Crippen molar-refractivity contribution in [2.45, 2.75) is 25.0 Å². The summed E-state index contributed by atoms with van der Waals surface area (Å²) in [7, 11) is 0. The Kier molecular flexibility index (Phi) is 4.71. The lowest BCUT2D eigenvalue weighted by Gasteiger charge is -2.13. The number of aromatic nitrogens is 2. The Bertz CT molecular complexity index is 638. The molecule has 20 heavy (non-hydrogen) atoms. The summed E-state index contributed by atoms with van der Waals surface area (Å²) in [5.74, 6) is 0. The predicted molar refractivity (Wildman–Crippen MR) is 75.2 cm³/mol. The van der Waals surface area contributed by atoms with E-state index in [0.29, 0.717) is 0 Å². The number of aromatic amines is 1. The van der Waals surface area contributed by atoms with Crippen LogP contribution >= 0.6 is 15.9 Å². The normalized spacial score (nSPS) is 26.9. The van der Waals surface area contributed by atoms with Gasteiger partial charge in [-0.15, -0.1) is 0 Å². The summed E-state index contributed by atoms with van der Waals surface area (Å²) in [6.45, 7) is 0. The highest BCUT2D eigenvalue weighted by Crippen LogP contribution is 2.25. The van der Waals surface area contributed by atoms with Crippen molar-refractivity contribution in [1.29, 1.82) is 0 Å². The smallest absolute Gasteiger partial charge is 0.330 e. The zero-order chi connectivity index (χ0) is 14.7. The van der Waals surface area contributed by atoms with Gasteiger partial charge >= 0.3 is 5.69 Å². The van der Waals surface area contributed by atoms with Crippen molar-refractivity contribution in [1.82, 2.24) is 9.55 Å². The maximum atomic E-state index is 11.7. The van der Waals surface area contributed by atoms with E-state index in [2.05, 4.69) is 20.9 Å². The number of rotatable bonds is 3. The summed E-state index contributed by atoms with van der Waals surface area (Å²) in [6.07, 6.45) is 2.98. The molecule has 2 heterocycles. The molecule has 1 saturated heterocycles. The quantitative estimate of drug-likeness (QED) is 0.672. The lowest BCUT2D eigenvalue weighted by atomic mass is 10.2.